The Morgan fingerprint density at radius 2 is 1.52 bits per heavy atom. The first-order valence-corrected chi connectivity index (χ1v) is 10.2. The molecule has 1 heterocycles. The average molecular weight is 433 g/mol. The fraction of sp³-hybridized carbons (Fsp3) is 0.120. The molecule has 1 amide bonds. The Morgan fingerprint density at radius 3 is 2.10 bits per heavy atom. The number of nitrogens with zero attached hydrogens (tertiary/aromatic N) is 2. The van der Waals surface area contributed by atoms with E-state index in [0.717, 1.165) is 11.3 Å². The summed E-state index contributed by atoms with van der Waals surface area (Å²) in [7, 11) is 3.86. The van der Waals surface area contributed by atoms with E-state index in [1.54, 1.807) is 36.4 Å². The molecule has 0 radical (unpaired) electrons. The van der Waals surface area contributed by atoms with Crippen molar-refractivity contribution in [2.75, 3.05) is 23.9 Å². The standard InChI is InChI=1S/C25H21ClN2O3/c1-27(2)19-12-14-20(15-13-19)28-22(16-6-4-3-5-7-16)21(24(30)25(28)31)23(29)17-8-10-18(26)11-9-17/h3-15,22,29H,1-2H3/b23-21-. The molecule has 4 rings (SSSR count). The predicted octanol–water partition coefficient (Wildman–Crippen LogP) is 5.03. The summed E-state index contributed by atoms with van der Waals surface area (Å²) in [5.74, 6) is -1.63. The van der Waals surface area contributed by atoms with E-state index in [4.69, 9.17) is 11.6 Å². The normalized spacial score (nSPS) is 17.8. The van der Waals surface area contributed by atoms with Crippen molar-refractivity contribution in [3.05, 3.63) is 101 Å². The van der Waals surface area contributed by atoms with Gasteiger partial charge in [0.05, 0.1) is 11.6 Å². The second-order valence-electron chi connectivity index (χ2n) is 7.50. The minimum Gasteiger partial charge on any atom is -0.507 e. The van der Waals surface area contributed by atoms with E-state index in [1.807, 2.05) is 61.5 Å². The second-order valence-corrected chi connectivity index (χ2v) is 7.93. The zero-order chi connectivity index (χ0) is 22.1. The first-order chi connectivity index (χ1) is 14.9. The van der Waals surface area contributed by atoms with Crippen molar-refractivity contribution in [1.29, 1.82) is 0 Å². The lowest BCUT2D eigenvalue weighted by Gasteiger charge is -2.26. The highest BCUT2D eigenvalue weighted by Crippen LogP contribution is 2.42. The Bertz CT molecular complexity index is 1150. The highest BCUT2D eigenvalue weighted by Gasteiger charge is 2.46. The quantitative estimate of drug-likeness (QED) is 0.357. The first-order valence-electron chi connectivity index (χ1n) is 9.78. The maximum Gasteiger partial charge on any atom is 0.300 e. The predicted molar refractivity (Wildman–Crippen MR) is 123 cm³/mol. The molecule has 0 spiro atoms. The number of amides is 1. The van der Waals surface area contributed by atoms with Crippen LogP contribution >= 0.6 is 11.6 Å². The van der Waals surface area contributed by atoms with Gasteiger partial charge in [-0.15, -0.1) is 0 Å². The molecule has 5 nitrogen and oxygen atoms in total. The zero-order valence-corrected chi connectivity index (χ0v) is 17.9. The number of Topliss-reactive ketones (excluding diaryl/α,β-unsaturated/α-hetero) is 1. The van der Waals surface area contributed by atoms with Crippen LogP contribution in [-0.2, 0) is 9.59 Å². The van der Waals surface area contributed by atoms with Crippen molar-refractivity contribution < 1.29 is 14.7 Å². The van der Waals surface area contributed by atoms with E-state index in [0.29, 0.717) is 16.3 Å². The number of anilines is 2. The number of hydrogen-bond donors (Lipinski definition) is 1. The molecule has 1 aliphatic heterocycles. The van der Waals surface area contributed by atoms with Gasteiger partial charge >= 0.3 is 0 Å². The minimum absolute atomic E-state index is 0.0511. The molecule has 1 N–H and O–H groups in total. The summed E-state index contributed by atoms with van der Waals surface area (Å²) in [6.45, 7) is 0. The molecule has 1 unspecified atom stereocenters. The SMILES string of the molecule is CN(C)c1ccc(N2C(=O)C(=O)/C(=C(\O)c3ccc(Cl)cc3)C2c2ccccc2)cc1. The fourth-order valence-electron chi connectivity index (χ4n) is 3.72. The summed E-state index contributed by atoms with van der Waals surface area (Å²) < 4.78 is 0. The molecule has 156 valence electrons. The van der Waals surface area contributed by atoms with E-state index < -0.39 is 17.7 Å². The summed E-state index contributed by atoms with van der Waals surface area (Å²) in [6, 6.07) is 22.4. The Morgan fingerprint density at radius 1 is 0.903 bits per heavy atom. The summed E-state index contributed by atoms with van der Waals surface area (Å²) in [5, 5.41) is 11.6. The Balaban J connectivity index is 1.89. The van der Waals surface area contributed by atoms with Gasteiger partial charge in [-0.2, -0.15) is 0 Å². The molecular weight excluding hydrogens is 412 g/mol. The maximum absolute atomic E-state index is 13.1. The van der Waals surface area contributed by atoms with E-state index in [1.165, 1.54) is 4.90 Å². The highest BCUT2D eigenvalue weighted by atomic mass is 35.5. The van der Waals surface area contributed by atoms with Gasteiger partial charge in [-0.05, 0) is 54.1 Å². The molecule has 1 fully saturated rings. The summed E-state index contributed by atoms with van der Waals surface area (Å²) in [6.07, 6.45) is 0. The summed E-state index contributed by atoms with van der Waals surface area (Å²) in [5.41, 5.74) is 2.75. The highest BCUT2D eigenvalue weighted by molar-refractivity contribution is 6.51. The number of carbonyl (C=O) groups is 2. The average Bonchev–Trinajstić information content (AvgIpc) is 3.05. The fourth-order valence-corrected chi connectivity index (χ4v) is 3.85. The molecule has 0 aliphatic carbocycles. The van der Waals surface area contributed by atoms with Gasteiger partial charge in [0.15, 0.2) is 0 Å². The number of ketones is 1. The van der Waals surface area contributed by atoms with Gasteiger partial charge in [0.2, 0.25) is 0 Å². The smallest absolute Gasteiger partial charge is 0.300 e. The topological polar surface area (TPSA) is 60.9 Å². The lowest BCUT2D eigenvalue weighted by Crippen LogP contribution is -2.29. The van der Waals surface area contributed by atoms with Gasteiger partial charge in [0, 0.05) is 36.1 Å². The Hall–Kier alpha value is -3.57. The lowest BCUT2D eigenvalue weighted by atomic mass is 9.95. The number of aliphatic hydroxyl groups is 1. The van der Waals surface area contributed by atoms with Crippen molar-refractivity contribution in [3.8, 4) is 0 Å². The number of benzene rings is 3. The van der Waals surface area contributed by atoms with Gasteiger partial charge < -0.3 is 10.0 Å². The number of carbonyl (C=O) groups excluding carboxylic acids is 2. The lowest BCUT2D eigenvalue weighted by molar-refractivity contribution is -0.132. The molecule has 3 aromatic carbocycles. The molecule has 0 aromatic heterocycles. The van der Waals surface area contributed by atoms with E-state index in [-0.39, 0.29) is 11.3 Å². The van der Waals surface area contributed by atoms with Crippen LogP contribution in [0.2, 0.25) is 5.02 Å². The van der Waals surface area contributed by atoms with Crippen LogP contribution < -0.4 is 9.80 Å². The third-order valence-electron chi connectivity index (χ3n) is 5.32. The molecule has 1 aliphatic rings. The molecule has 31 heavy (non-hydrogen) atoms. The number of aliphatic hydroxyl groups excluding tert-OH is 1. The van der Waals surface area contributed by atoms with E-state index in [2.05, 4.69) is 0 Å². The van der Waals surface area contributed by atoms with Crippen molar-refractivity contribution in [2.45, 2.75) is 6.04 Å². The van der Waals surface area contributed by atoms with Crippen molar-refractivity contribution in [3.63, 3.8) is 0 Å². The molecule has 0 bridgehead atoms. The number of rotatable bonds is 4. The molecule has 1 saturated heterocycles. The van der Waals surface area contributed by atoms with Gasteiger partial charge in [-0.1, -0.05) is 41.9 Å². The van der Waals surface area contributed by atoms with Crippen LogP contribution in [0.5, 0.6) is 0 Å². The summed E-state index contributed by atoms with van der Waals surface area (Å²) in [4.78, 5) is 29.6. The van der Waals surface area contributed by atoms with E-state index >= 15 is 0 Å². The molecule has 0 saturated carbocycles. The first kappa shape index (κ1) is 20.7. The van der Waals surface area contributed by atoms with Crippen LogP contribution in [0, 0.1) is 0 Å². The minimum atomic E-state index is -0.748. The molecule has 6 heteroatoms. The molecule has 1 atom stereocenters. The number of halogens is 1. The van der Waals surface area contributed by atoms with Crippen molar-refractivity contribution in [1.82, 2.24) is 0 Å². The van der Waals surface area contributed by atoms with E-state index in [9.17, 15) is 14.7 Å². The zero-order valence-electron chi connectivity index (χ0n) is 17.1. The maximum atomic E-state index is 13.1. The third kappa shape index (κ3) is 3.80. The van der Waals surface area contributed by atoms with Crippen LogP contribution in [0.15, 0.2) is 84.4 Å². The monoisotopic (exact) mass is 432 g/mol. The summed E-state index contributed by atoms with van der Waals surface area (Å²) >= 11 is 5.96. The van der Waals surface area contributed by atoms with Crippen LogP contribution in [0.25, 0.3) is 5.76 Å². The van der Waals surface area contributed by atoms with Crippen LogP contribution in [0.3, 0.4) is 0 Å². The van der Waals surface area contributed by atoms with Crippen LogP contribution in [0.1, 0.15) is 17.2 Å². The number of hydrogen-bond acceptors (Lipinski definition) is 4. The Kier molecular flexibility index (Phi) is 5.53. The van der Waals surface area contributed by atoms with Crippen molar-refractivity contribution >= 4 is 40.4 Å². The Labute approximate surface area is 185 Å². The molecule has 3 aromatic rings. The van der Waals surface area contributed by atoms with Gasteiger partial charge in [0.25, 0.3) is 11.7 Å². The largest absolute Gasteiger partial charge is 0.507 e. The second kappa shape index (κ2) is 8.28. The molecular formula is C25H21ClN2O3. The van der Waals surface area contributed by atoms with Gasteiger partial charge in [-0.25, -0.2) is 0 Å². The van der Waals surface area contributed by atoms with Gasteiger partial charge in [0.1, 0.15) is 5.76 Å². The van der Waals surface area contributed by atoms with Crippen molar-refractivity contribution in [2.24, 2.45) is 0 Å². The van der Waals surface area contributed by atoms with Crippen LogP contribution in [-0.4, -0.2) is 30.9 Å². The van der Waals surface area contributed by atoms with Gasteiger partial charge in [-0.3, -0.25) is 14.5 Å². The van der Waals surface area contributed by atoms with Crippen LogP contribution in [0.4, 0.5) is 11.4 Å². The third-order valence-corrected chi connectivity index (χ3v) is 5.57.